The summed E-state index contributed by atoms with van der Waals surface area (Å²) >= 11 is 0. The lowest BCUT2D eigenvalue weighted by molar-refractivity contribution is -0.384. The van der Waals surface area contributed by atoms with Gasteiger partial charge in [0.2, 0.25) is 0 Å². The third-order valence-electron chi connectivity index (χ3n) is 3.21. The Balaban J connectivity index is 1.96. The summed E-state index contributed by atoms with van der Waals surface area (Å²) in [5.41, 5.74) is 0.413. The van der Waals surface area contributed by atoms with Crippen molar-refractivity contribution in [1.29, 1.82) is 0 Å². The molecule has 0 aliphatic carbocycles. The van der Waals surface area contributed by atoms with Crippen LogP contribution in [0.25, 0.3) is 0 Å². The molecule has 8 nitrogen and oxygen atoms in total. The van der Waals surface area contributed by atoms with Gasteiger partial charge in [-0.3, -0.25) is 15.1 Å². The quantitative estimate of drug-likeness (QED) is 0.519. The molecule has 1 aliphatic heterocycles. The normalized spacial score (nSPS) is 15.8. The van der Waals surface area contributed by atoms with Gasteiger partial charge in [0, 0.05) is 25.3 Å². The highest BCUT2D eigenvalue weighted by Crippen LogP contribution is 2.25. The maximum absolute atomic E-state index is 11.3. The van der Waals surface area contributed by atoms with E-state index in [4.69, 9.17) is 0 Å². The van der Waals surface area contributed by atoms with Crippen molar-refractivity contribution in [2.24, 2.45) is 0 Å². The van der Waals surface area contributed by atoms with Crippen molar-refractivity contribution in [3.05, 3.63) is 28.6 Å². The number of carbonyl (C=O) groups excluding carboxylic acids is 1. The summed E-state index contributed by atoms with van der Waals surface area (Å²) in [6, 6.07) is 1.67. The number of piperidine rings is 1. The summed E-state index contributed by atoms with van der Waals surface area (Å²) in [6.45, 7) is 1.12. The highest BCUT2D eigenvalue weighted by molar-refractivity contribution is 7.10. The first-order valence-electron chi connectivity index (χ1n) is 6.12. The van der Waals surface area contributed by atoms with Crippen molar-refractivity contribution in [1.82, 2.24) is 9.88 Å². The van der Waals surface area contributed by atoms with Crippen LogP contribution in [-0.4, -0.2) is 40.0 Å². The van der Waals surface area contributed by atoms with Gasteiger partial charge in [-0.05, 0) is 18.9 Å². The molecule has 1 aromatic rings. The van der Waals surface area contributed by atoms with E-state index >= 15 is 0 Å². The van der Waals surface area contributed by atoms with Crippen LogP contribution in [0.4, 0.5) is 16.2 Å². The molecule has 2 heterocycles. The van der Waals surface area contributed by atoms with Gasteiger partial charge in [-0.25, -0.2) is 4.79 Å². The second kappa shape index (κ2) is 6.47. The number of hydrogen-bond acceptors (Lipinski definition) is 6. The van der Waals surface area contributed by atoms with Crippen LogP contribution in [0.5, 0.6) is 0 Å². The van der Waals surface area contributed by atoms with Gasteiger partial charge >= 0.3 is 11.8 Å². The summed E-state index contributed by atoms with van der Waals surface area (Å²) in [4.78, 5) is 27.1. The van der Waals surface area contributed by atoms with Gasteiger partial charge in [0.1, 0.15) is 11.9 Å². The number of hydrogen-bond donors (Lipinski definition) is 1. The minimum absolute atomic E-state index is 0.0423. The maximum Gasteiger partial charge on any atom is 0.411 e. The van der Waals surface area contributed by atoms with E-state index < -0.39 is 4.92 Å². The molecule has 1 fully saturated rings. The van der Waals surface area contributed by atoms with E-state index in [0.717, 1.165) is 0 Å². The third-order valence-corrected chi connectivity index (χ3v) is 3.41. The first-order valence-corrected chi connectivity index (χ1v) is 6.59. The molecule has 9 heteroatoms. The first-order chi connectivity index (χ1) is 9.61. The van der Waals surface area contributed by atoms with Crippen molar-refractivity contribution in [3.8, 4) is 0 Å². The zero-order valence-electron chi connectivity index (χ0n) is 10.7. The Labute approximate surface area is 117 Å². The number of nitro groups is 1. The Morgan fingerprint density at radius 3 is 2.85 bits per heavy atom. The molecule has 0 bridgehead atoms. The number of anilines is 1. The lowest BCUT2D eigenvalue weighted by Gasteiger charge is -2.31. The van der Waals surface area contributed by atoms with Gasteiger partial charge in [-0.15, -0.1) is 0 Å². The van der Waals surface area contributed by atoms with Crippen LogP contribution in [0.15, 0.2) is 18.5 Å². The van der Waals surface area contributed by atoms with Gasteiger partial charge in [0.05, 0.1) is 14.4 Å². The minimum atomic E-state index is -0.462. The monoisotopic (exact) mass is 298 g/mol. The lowest BCUT2D eigenvalue weighted by atomic mass is 10.1. The van der Waals surface area contributed by atoms with E-state index in [0.29, 0.717) is 31.6 Å². The van der Waals surface area contributed by atoms with Crippen LogP contribution in [0.3, 0.4) is 0 Å². The molecule has 0 spiro atoms. The number of pyridine rings is 1. The molecule has 1 saturated heterocycles. The molecule has 2 rings (SSSR count). The smallest absolute Gasteiger partial charge is 0.411 e. The maximum atomic E-state index is 11.3. The van der Waals surface area contributed by atoms with Crippen LogP contribution >= 0.6 is 9.47 Å². The second-order valence-corrected chi connectivity index (χ2v) is 4.68. The number of rotatable bonds is 3. The van der Waals surface area contributed by atoms with Gasteiger partial charge in [0.15, 0.2) is 0 Å². The van der Waals surface area contributed by atoms with E-state index in [-0.39, 0.29) is 17.8 Å². The molecule has 1 unspecified atom stereocenters. The molecule has 1 aromatic heterocycles. The van der Waals surface area contributed by atoms with Gasteiger partial charge in [0.25, 0.3) is 0 Å². The standard InChI is InChI=1S/C11H15N4O4P/c16-11(19-20)14-5-2-8(3-6-14)13-9-1-4-12-7-10(9)15(17)18/h1,4,7-8H,2-3,5-6,20H2,(H,12,13). The zero-order valence-corrected chi connectivity index (χ0v) is 11.8. The Hall–Kier alpha value is -1.95. The third kappa shape index (κ3) is 3.33. The van der Waals surface area contributed by atoms with E-state index in [1.807, 2.05) is 9.47 Å². The van der Waals surface area contributed by atoms with Crippen molar-refractivity contribution in [2.75, 3.05) is 18.4 Å². The number of carbonyl (C=O) groups is 1. The Morgan fingerprint density at radius 2 is 2.25 bits per heavy atom. The predicted octanol–water partition coefficient (Wildman–Crippen LogP) is 1.79. The van der Waals surface area contributed by atoms with Crippen molar-refractivity contribution < 1.29 is 14.2 Å². The molecule has 0 saturated carbocycles. The van der Waals surface area contributed by atoms with Crippen molar-refractivity contribution in [3.63, 3.8) is 0 Å². The molecule has 1 amide bonds. The SMILES string of the molecule is O=C(OP)N1CCC(Nc2ccncc2[N+](=O)[O-])CC1. The van der Waals surface area contributed by atoms with Crippen LogP contribution in [0, 0.1) is 10.1 Å². The number of amides is 1. The van der Waals surface area contributed by atoms with Gasteiger partial charge in [-0.1, -0.05) is 0 Å². The summed E-state index contributed by atoms with van der Waals surface area (Å²) < 4.78 is 4.58. The lowest BCUT2D eigenvalue weighted by Crippen LogP contribution is -2.41. The first kappa shape index (κ1) is 14.5. The average molecular weight is 298 g/mol. The van der Waals surface area contributed by atoms with Gasteiger partial charge < -0.3 is 14.7 Å². The van der Waals surface area contributed by atoms with Crippen LogP contribution in [-0.2, 0) is 4.52 Å². The van der Waals surface area contributed by atoms with Crippen LogP contribution < -0.4 is 5.32 Å². The topological polar surface area (TPSA) is 97.6 Å². The van der Waals surface area contributed by atoms with E-state index in [1.54, 1.807) is 11.0 Å². The fraction of sp³-hybridized carbons (Fsp3) is 0.455. The second-order valence-electron chi connectivity index (χ2n) is 4.44. The molecular formula is C11H15N4O4P. The number of aromatic nitrogens is 1. The zero-order chi connectivity index (χ0) is 14.5. The fourth-order valence-corrected chi connectivity index (χ4v) is 2.30. The van der Waals surface area contributed by atoms with E-state index in [9.17, 15) is 14.9 Å². The highest BCUT2D eigenvalue weighted by Gasteiger charge is 2.24. The predicted molar refractivity (Wildman–Crippen MR) is 75.3 cm³/mol. The molecule has 20 heavy (non-hydrogen) atoms. The van der Waals surface area contributed by atoms with E-state index in [2.05, 4.69) is 14.8 Å². The van der Waals surface area contributed by atoms with E-state index in [1.165, 1.54) is 12.4 Å². The molecule has 0 radical (unpaired) electrons. The van der Waals surface area contributed by atoms with Gasteiger partial charge in [-0.2, -0.15) is 0 Å². The molecular weight excluding hydrogens is 283 g/mol. The number of nitrogens with one attached hydrogen (secondary N) is 1. The molecule has 0 aromatic carbocycles. The Bertz CT molecular complexity index is 505. The Kier molecular flexibility index (Phi) is 4.68. The summed E-state index contributed by atoms with van der Waals surface area (Å²) in [5.74, 6) is 0. The molecule has 1 atom stereocenters. The van der Waals surface area contributed by atoms with Crippen LogP contribution in [0.2, 0.25) is 0 Å². The summed E-state index contributed by atoms with van der Waals surface area (Å²) in [5, 5.41) is 14.0. The average Bonchev–Trinajstić information content (AvgIpc) is 2.47. The highest BCUT2D eigenvalue weighted by atomic mass is 31.0. The van der Waals surface area contributed by atoms with Crippen LogP contribution in [0.1, 0.15) is 12.8 Å². The Morgan fingerprint density at radius 1 is 1.55 bits per heavy atom. The minimum Gasteiger partial charge on any atom is -0.435 e. The number of nitrogens with zero attached hydrogens (tertiary/aromatic N) is 3. The largest absolute Gasteiger partial charge is 0.435 e. The van der Waals surface area contributed by atoms with Crippen molar-refractivity contribution >= 4 is 26.9 Å². The molecule has 108 valence electrons. The summed E-state index contributed by atoms with van der Waals surface area (Å²) in [7, 11) is 1.93. The molecule has 1 aliphatic rings. The number of likely N-dealkylation sites (tertiary alicyclic amines) is 1. The molecule has 1 N–H and O–H groups in total. The van der Waals surface area contributed by atoms with Crippen molar-refractivity contribution in [2.45, 2.75) is 18.9 Å². The summed E-state index contributed by atoms with van der Waals surface area (Å²) in [6.07, 6.45) is 3.78. The fourth-order valence-electron chi connectivity index (χ4n) is 2.15.